The van der Waals surface area contributed by atoms with Gasteiger partial charge in [0, 0.05) is 74.1 Å². The fraction of sp³-hybridized carbons (Fsp3) is 0.118. The highest BCUT2D eigenvalue weighted by molar-refractivity contribution is 7.03. The molecule has 6 nitrogen and oxygen atoms in total. The summed E-state index contributed by atoms with van der Waals surface area (Å²) in [4.78, 5) is 9.94. The zero-order valence-electron chi connectivity index (χ0n) is 43.5. The van der Waals surface area contributed by atoms with Crippen molar-refractivity contribution in [2.75, 3.05) is 19.6 Å². The Morgan fingerprint density at radius 2 is 0.697 bits per heavy atom. The predicted molar refractivity (Wildman–Crippen MR) is 318 cm³/mol. The molecule has 2 bridgehead atoms. The van der Waals surface area contributed by atoms with Crippen molar-refractivity contribution in [1.82, 2.24) is 0 Å². The number of ether oxygens (including phenoxy) is 2. The fourth-order valence-electron chi connectivity index (χ4n) is 12.8. The van der Waals surface area contributed by atoms with Gasteiger partial charge in [-0.15, -0.1) is 0 Å². The molecule has 0 saturated heterocycles. The van der Waals surface area contributed by atoms with E-state index in [1.54, 1.807) is 0 Å². The molecule has 5 aliphatic heterocycles. The van der Waals surface area contributed by atoms with Crippen LogP contribution in [0, 0.1) is 0 Å². The molecule has 5 heterocycles. The molecule has 5 aliphatic rings. The van der Waals surface area contributed by atoms with Gasteiger partial charge in [0.2, 0.25) is 0 Å². The Balaban J connectivity index is 1.13. The fourth-order valence-corrected chi connectivity index (χ4v) is 12.8. The van der Waals surface area contributed by atoms with Gasteiger partial charge in [-0.3, -0.25) is 0 Å². The predicted octanol–water partition coefficient (Wildman–Crippen LogP) is 14.3. The number of benzene rings is 10. The Morgan fingerprint density at radius 1 is 0.316 bits per heavy atom. The van der Waals surface area contributed by atoms with Crippen LogP contribution in [-0.2, 0) is 10.8 Å². The highest BCUT2D eigenvalue weighted by Crippen LogP contribution is 2.52. The van der Waals surface area contributed by atoms with Gasteiger partial charge in [-0.05, 0) is 158 Å². The molecule has 0 radical (unpaired) electrons. The first-order valence-corrected chi connectivity index (χ1v) is 26.6. The molecular weight excluding hydrogens is 926 g/mol. The lowest BCUT2D eigenvalue weighted by Gasteiger charge is -2.48. The third-order valence-electron chi connectivity index (χ3n) is 16.3. The van der Waals surface area contributed by atoms with E-state index in [9.17, 15) is 0 Å². The van der Waals surface area contributed by atoms with Crippen LogP contribution < -0.4 is 61.9 Å². The molecule has 364 valence electrons. The summed E-state index contributed by atoms with van der Waals surface area (Å²) in [5, 5.41) is 0. The molecule has 0 amide bonds. The Bertz CT molecular complexity index is 3950. The van der Waals surface area contributed by atoms with Crippen LogP contribution in [0.4, 0.5) is 68.2 Å². The number of hydrogen-bond acceptors (Lipinski definition) is 6. The molecule has 76 heavy (non-hydrogen) atoms. The molecule has 0 atom stereocenters. The number of anilines is 12. The summed E-state index contributed by atoms with van der Waals surface area (Å²) < 4.78 is 15.2. The molecule has 0 aromatic heterocycles. The van der Waals surface area contributed by atoms with Crippen molar-refractivity contribution in [1.29, 1.82) is 0 Å². The molecule has 0 N–H and O–H groups in total. The largest absolute Gasteiger partial charge is 0.458 e. The van der Waals surface area contributed by atoms with Crippen LogP contribution in [0.5, 0.6) is 23.0 Å². The number of hydrogen-bond donors (Lipinski definition) is 0. The first-order valence-electron chi connectivity index (χ1n) is 26.6. The second-order valence-electron chi connectivity index (χ2n) is 22.9. The van der Waals surface area contributed by atoms with Crippen molar-refractivity contribution in [3.8, 4) is 23.0 Å². The summed E-state index contributed by atoms with van der Waals surface area (Å²) in [5.74, 6) is 3.26. The summed E-state index contributed by atoms with van der Waals surface area (Å²) >= 11 is 0. The van der Waals surface area contributed by atoms with Crippen molar-refractivity contribution in [2.45, 2.75) is 52.4 Å². The van der Waals surface area contributed by atoms with Crippen LogP contribution in [-0.4, -0.2) is 13.4 Å². The Hall–Kier alpha value is -8.87. The average Bonchev–Trinajstić information content (AvgIpc) is 3.59. The molecule has 0 fully saturated rings. The lowest BCUT2D eigenvalue weighted by atomic mass is 9.30. The first-order chi connectivity index (χ1) is 37.0. The first kappa shape index (κ1) is 44.6. The minimum absolute atomic E-state index is 0.160. The molecule has 8 heteroatoms. The monoisotopic (exact) mass is 980 g/mol. The maximum atomic E-state index is 7.91. The van der Waals surface area contributed by atoms with Crippen molar-refractivity contribution >= 4 is 114 Å². The zero-order chi connectivity index (χ0) is 51.2. The summed E-state index contributed by atoms with van der Waals surface area (Å²) in [5.41, 5.74) is 22.2. The van der Waals surface area contributed by atoms with Crippen LogP contribution >= 0.6 is 0 Å². The van der Waals surface area contributed by atoms with E-state index in [0.29, 0.717) is 0 Å². The van der Waals surface area contributed by atoms with Gasteiger partial charge < -0.3 is 29.1 Å². The zero-order valence-corrected chi connectivity index (χ0v) is 43.5. The van der Waals surface area contributed by atoms with Gasteiger partial charge in [0.05, 0.1) is 5.69 Å². The van der Waals surface area contributed by atoms with Crippen LogP contribution in [0.25, 0.3) is 0 Å². The highest BCUT2D eigenvalue weighted by Gasteiger charge is 2.51. The van der Waals surface area contributed by atoms with E-state index in [4.69, 9.17) is 9.47 Å². The number of nitrogens with zero attached hydrogens (tertiary/aromatic N) is 4. The molecule has 0 aliphatic carbocycles. The molecule has 0 unspecified atom stereocenters. The summed E-state index contributed by atoms with van der Waals surface area (Å²) in [7, 11) is 0. The van der Waals surface area contributed by atoms with E-state index in [2.05, 4.69) is 280 Å². The van der Waals surface area contributed by atoms with Gasteiger partial charge in [0.1, 0.15) is 23.0 Å². The highest BCUT2D eigenvalue weighted by atomic mass is 16.5. The van der Waals surface area contributed by atoms with Gasteiger partial charge in [0.25, 0.3) is 13.4 Å². The smallest absolute Gasteiger partial charge is 0.261 e. The summed E-state index contributed by atoms with van der Waals surface area (Å²) in [6.45, 7) is 13.4. The Morgan fingerprint density at radius 3 is 1.16 bits per heavy atom. The lowest BCUT2D eigenvalue weighted by Crippen LogP contribution is -2.65. The van der Waals surface area contributed by atoms with E-state index in [1.165, 1.54) is 27.5 Å². The standard InChI is InChI=1S/C68H54B2N4O2/c1-67(2,3)43-35-55-63-56(36-43)74(49-31-20-11-21-32-49)58-39-50(71(45-23-12-7-13-24-45)46-25-14-8-15-26-46)40-62-65(58)69(63)51-41-52-54(42-53(51)72(55)47-27-16-9-17-28-47)73(48-29-18-10-19-30-48)57-37-44(68(4,5)6)38-61-64(57)70(52)66-59(75-61)33-22-34-60(66)76-62/h7-42H,1-6H3. The molecule has 0 saturated carbocycles. The van der Waals surface area contributed by atoms with E-state index in [0.717, 1.165) is 108 Å². The average molecular weight is 981 g/mol. The molecule has 0 spiro atoms. The maximum absolute atomic E-state index is 7.91. The lowest BCUT2D eigenvalue weighted by molar-refractivity contribution is 0.466. The van der Waals surface area contributed by atoms with E-state index >= 15 is 0 Å². The molecule has 15 rings (SSSR count). The third-order valence-corrected chi connectivity index (χ3v) is 16.3. The quantitative estimate of drug-likeness (QED) is 0.154. The van der Waals surface area contributed by atoms with Crippen LogP contribution in [0.2, 0.25) is 0 Å². The van der Waals surface area contributed by atoms with Gasteiger partial charge in [-0.1, -0.05) is 145 Å². The molecular formula is C68H54B2N4O2. The Kier molecular flexibility index (Phi) is 9.57. The summed E-state index contributed by atoms with van der Waals surface area (Å²) in [6, 6.07) is 80.1. The minimum atomic E-state index is -0.237. The van der Waals surface area contributed by atoms with Gasteiger partial charge >= 0.3 is 0 Å². The topological polar surface area (TPSA) is 31.4 Å². The number of para-hydroxylation sites is 5. The third kappa shape index (κ3) is 6.62. The molecule has 10 aromatic carbocycles. The molecule has 10 aromatic rings. The van der Waals surface area contributed by atoms with E-state index < -0.39 is 0 Å². The van der Waals surface area contributed by atoms with Gasteiger partial charge in [-0.25, -0.2) is 0 Å². The second-order valence-corrected chi connectivity index (χ2v) is 22.9. The minimum Gasteiger partial charge on any atom is -0.458 e. The van der Waals surface area contributed by atoms with Gasteiger partial charge in [0.15, 0.2) is 0 Å². The normalized spacial score (nSPS) is 14.0. The van der Waals surface area contributed by atoms with Crippen molar-refractivity contribution in [3.63, 3.8) is 0 Å². The Labute approximate surface area is 446 Å². The van der Waals surface area contributed by atoms with Gasteiger partial charge in [-0.2, -0.15) is 0 Å². The van der Waals surface area contributed by atoms with Crippen molar-refractivity contribution < 1.29 is 9.47 Å². The van der Waals surface area contributed by atoms with E-state index in [1.807, 2.05) is 0 Å². The van der Waals surface area contributed by atoms with Crippen LogP contribution in [0.3, 0.4) is 0 Å². The van der Waals surface area contributed by atoms with Crippen molar-refractivity contribution in [2.24, 2.45) is 0 Å². The van der Waals surface area contributed by atoms with Crippen LogP contribution in [0.1, 0.15) is 52.7 Å². The summed E-state index contributed by atoms with van der Waals surface area (Å²) in [6.07, 6.45) is 0. The number of rotatable bonds is 6. The second kappa shape index (κ2) is 16.3. The van der Waals surface area contributed by atoms with Crippen LogP contribution in [0.15, 0.2) is 218 Å². The van der Waals surface area contributed by atoms with E-state index in [-0.39, 0.29) is 24.3 Å². The SMILES string of the molecule is CC(C)(C)c1cc2c3c(c1)N(c1ccccc1)c1cc4c5cc1B3c1c(cccc1Oc1cc(N(c3ccccc3)c3ccccc3)cc3c1B5c1c(cc(C(C)(C)C)cc1N3c1ccccc1)N4c1ccccc1)O2. The maximum Gasteiger partial charge on any atom is 0.261 e. The van der Waals surface area contributed by atoms with Crippen molar-refractivity contribution in [3.05, 3.63) is 230 Å².